The van der Waals surface area contributed by atoms with Crippen molar-refractivity contribution >= 4 is 52.6 Å². The van der Waals surface area contributed by atoms with Crippen molar-refractivity contribution in [2.24, 2.45) is 5.16 Å². The predicted molar refractivity (Wildman–Crippen MR) is 110 cm³/mol. The number of halogens is 4. The highest BCUT2D eigenvalue weighted by Crippen LogP contribution is 2.30. The normalized spacial score (nSPS) is 10.5. The fourth-order valence-corrected chi connectivity index (χ4v) is 2.32. The van der Waals surface area contributed by atoms with Gasteiger partial charge in [0.2, 0.25) is 0 Å². The van der Waals surface area contributed by atoms with E-state index in [4.69, 9.17) is 60.7 Å². The van der Waals surface area contributed by atoms with Crippen LogP contribution < -0.4 is 9.47 Å². The number of ether oxygens (including phenoxy) is 2. The molecule has 0 radical (unpaired) electrons. The molecule has 0 bridgehead atoms. The van der Waals surface area contributed by atoms with Crippen LogP contribution in [-0.4, -0.2) is 26.0 Å². The molecule has 0 saturated carbocycles. The van der Waals surface area contributed by atoms with Crippen molar-refractivity contribution in [3.63, 3.8) is 0 Å². The van der Waals surface area contributed by atoms with Gasteiger partial charge in [-0.3, -0.25) is 0 Å². The van der Waals surface area contributed by atoms with Crippen LogP contribution in [0.4, 0.5) is 0 Å². The number of hydrogen-bond acceptors (Lipinski definition) is 4. The van der Waals surface area contributed by atoms with Gasteiger partial charge in [0, 0.05) is 0 Å². The summed E-state index contributed by atoms with van der Waals surface area (Å²) >= 11 is 22.1. The zero-order chi connectivity index (χ0) is 19.4. The lowest BCUT2D eigenvalue weighted by Crippen LogP contribution is -2.05. The molecule has 0 fully saturated rings. The third-order valence-electron chi connectivity index (χ3n) is 3.23. The minimum Gasteiger partial charge on any atom is -0.489 e. The Morgan fingerprint density at radius 1 is 0.885 bits per heavy atom. The van der Waals surface area contributed by atoms with Crippen LogP contribution in [-0.2, 0) is 17.7 Å². The van der Waals surface area contributed by atoms with E-state index in [1.807, 2.05) is 12.1 Å². The van der Waals surface area contributed by atoms with Crippen molar-refractivity contribution in [1.29, 1.82) is 0 Å². The van der Waals surface area contributed by atoms with Gasteiger partial charge in [-0.1, -0.05) is 65.4 Å². The maximum Gasteiger partial charge on any atom is 0.138 e. The molecule has 0 N–H and O–H groups in total. The van der Waals surface area contributed by atoms with E-state index < -0.39 is 0 Å². The van der Waals surface area contributed by atoms with E-state index in [0.29, 0.717) is 6.61 Å². The molecule has 0 aliphatic heterocycles. The van der Waals surface area contributed by atoms with Crippen molar-refractivity contribution in [1.82, 2.24) is 0 Å². The molecular formula is C18H21Cl4NO3. The molecule has 0 heterocycles. The number of oxime groups is 1. The number of hydrogen-bond donors (Lipinski definition) is 0. The van der Waals surface area contributed by atoms with Crippen LogP contribution in [0.2, 0.25) is 0 Å². The Bertz CT molecular complexity index is 627. The summed E-state index contributed by atoms with van der Waals surface area (Å²) in [7, 11) is 0. The lowest BCUT2D eigenvalue weighted by Gasteiger charge is -2.16. The van der Waals surface area contributed by atoms with Gasteiger partial charge in [0.1, 0.15) is 40.3 Å². The Kier molecular flexibility index (Phi) is 11.6. The number of nitrogens with zero attached hydrogens (tertiary/aromatic N) is 1. The highest BCUT2D eigenvalue weighted by atomic mass is 35.5. The Labute approximate surface area is 174 Å². The first kappa shape index (κ1) is 23.0. The van der Waals surface area contributed by atoms with Gasteiger partial charge in [-0.05, 0) is 48.3 Å². The molecule has 1 rings (SSSR count). The molecule has 0 aromatic heterocycles. The average molecular weight is 441 g/mol. The maximum absolute atomic E-state index is 5.87. The summed E-state index contributed by atoms with van der Waals surface area (Å²) in [5.74, 6) is 1.59. The second kappa shape index (κ2) is 13.2. The summed E-state index contributed by atoms with van der Waals surface area (Å²) < 4.78 is 11.9. The van der Waals surface area contributed by atoms with Gasteiger partial charge in [-0.15, -0.1) is 0 Å². The monoisotopic (exact) mass is 439 g/mol. The summed E-state index contributed by atoms with van der Waals surface area (Å²) in [4.78, 5) is 4.98. The third kappa shape index (κ3) is 9.04. The molecule has 0 saturated heterocycles. The SMILES string of the molecule is CCc1cc(OCC=C(Cl)Cl)cc(CC)c1OCC=NOCC=C(Cl)Cl. The highest BCUT2D eigenvalue weighted by Gasteiger charge is 2.11. The van der Waals surface area contributed by atoms with Gasteiger partial charge in [-0.2, -0.15) is 0 Å². The number of rotatable bonds is 11. The van der Waals surface area contributed by atoms with Crippen molar-refractivity contribution in [2.45, 2.75) is 26.7 Å². The molecule has 4 nitrogen and oxygen atoms in total. The summed E-state index contributed by atoms with van der Waals surface area (Å²) in [5.41, 5.74) is 2.10. The summed E-state index contributed by atoms with van der Waals surface area (Å²) in [6.07, 6.45) is 6.23. The Balaban J connectivity index is 2.72. The Morgan fingerprint density at radius 3 is 2.00 bits per heavy atom. The van der Waals surface area contributed by atoms with Crippen LogP contribution in [0.15, 0.2) is 38.4 Å². The van der Waals surface area contributed by atoms with Gasteiger partial charge in [0.15, 0.2) is 0 Å². The van der Waals surface area contributed by atoms with Crippen LogP contribution in [0.5, 0.6) is 11.5 Å². The summed E-state index contributed by atoms with van der Waals surface area (Å²) in [6.45, 7) is 4.90. The molecule has 0 atom stereocenters. The molecular weight excluding hydrogens is 420 g/mol. The van der Waals surface area contributed by atoms with Gasteiger partial charge in [0.25, 0.3) is 0 Å². The highest BCUT2D eigenvalue weighted by molar-refractivity contribution is 6.56. The molecule has 8 heteroatoms. The first-order valence-electron chi connectivity index (χ1n) is 8.05. The van der Waals surface area contributed by atoms with Crippen LogP contribution >= 0.6 is 46.4 Å². The second-order valence-electron chi connectivity index (χ2n) is 4.97. The molecule has 26 heavy (non-hydrogen) atoms. The first-order valence-corrected chi connectivity index (χ1v) is 9.56. The lowest BCUT2D eigenvalue weighted by atomic mass is 10.0. The van der Waals surface area contributed by atoms with Crippen molar-refractivity contribution in [3.05, 3.63) is 44.4 Å². The topological polar surface area (TPSA) is 40.0 Å². The van der Waals surface area contributed by atoms with E-state index in [2.05, 4.69) is 19.0 Å². The van der Waals surface area contributed by atoms with E-state index in [1.54, 1.807) is 6.08 Å². The minimum atomic E-state index is 0.141. The van der Waals surface area contributed by atoms with E-state index in [0.717, 1.165) is 35.5 Å². The largest absolute Gasteiger partial charge is 0.489 e. The predicted octanol–water partition coefficient (Wildman–Crippen LogP) is 6.21. The number of benzene rings is 1. The maximum atomic E-state index is 5.87. The van der Waals surface area contributed by atoms with E-state index >= 15 is 0 Å². The number of aryl methyl sites for hydroxylation is 2. The van der Waals surface area contributed by atoms with Crippen molar-refractivity contribution < 1.29 is 14.3 Å². The molecule has 1 aromatic rings. The summed E-state index contributed by atoms with van der Waals surface area (Å²) in [5, 5.41) is 3.78. The van der Waals surface area contributed by atoms with Crippen LogP contribution in [0.25, 0.3) is 0 Å². The molecule has 0 amide bonds. The molecule has 0 unspecified atom stereocenters. The standard InChI is InChI=1S/C18H21Cl4NO3/c1-3-13-11-15(24-8-5-16(19)20)12-14(4-2)18(13)25-10-7-23-26-9-6-17(21)22/h5-7,11-12H,3-4,8-10H2,1-2H3. The van der Waals surface area contributed by atoms with Crippen LogP contribution in [0.3, 0.4) is 0 Å². The van der Waals surface area contributed by atoms with E-state index in [9.17, 15) is 0 Å². The second-order valence-corrected chi connectivity index (χ2v) is 6.99. The van der Waals surface area contributed by atoms with Crippen molar-refractivity contribution in [2.75, 3.05) is 19.8 Å². The molecule has 144 valence electrons. The van der Waals surface area contributed by atoms with Crippen LogP contribution in [0.1, 0.15) is 25.0 Å². The quantitative estimate of drug-likeness (QED) is 0.233. The zero-order valence-corrected chi connectivity index (χ0v) is 17.6. The fourth-order valence-electron chi connectivity index (χ4n) is 2.06. The molecule has 0 aliphatic carbocycles. The van der Waals surface area contributed by atoms with E-state index in [-0.39, 0.29) is 22.2 Å². The fraction of sp³-hybridized carbons (Fsp3) is 0.389. The van der Waals surface area contributed by atoms with Crippen LogP contribution in [0, 0.1) is 0 Å². The van der Waals surface area contributed by atoms with Gasteiger partial charge < -0.3 is 14.3 Å². The Morgan fingerprint density at radius 2 is 1.46 bits per heavy atom. The molecule has 1 aromatic carbocycles. The zero-order valence-electron chi connectivity index (χ0n) is 14.6. The Hall–Kier alpha value is -1.07. The van der Waals surface area contributed by atoms with Crippen molar-refractivity contribution in [3.8, 4) is 11.5 Å². The van der Waals surface area contributed by atoms with Gasteiger partial charge in [0.05, 0.1) is 6.21 Å². The lowest BCUT2D eigenvalue weighted by molar-refractivity contribution is 0.174. The smallest absolute Gasteiger partial charge is 0.138 e. The minimum absolute atomic E-state index is 0.141. The third-order valence-corrected chi connectivity index (χ3v) is 3.85. The average Bonchev–Trinajstić information content (AvgIpc) is 2.60. The molecule has 0 aliphatic rings. The first-order chi connectivity index (χ1) is 12.5. The van der Waals surface area contributed by atoms with E-state index in [1.165, 1.54) is 12.3 Å². The van der Waals surface area contributed by atoms with Gasteiger partial charge >= 0.3 is 0 Å². The molecule has 0 spiro atoms. The summed E-state index contributed by atoms with van der Waals surface area (Å²) in [6, 6.07) is 3.90. The van der Waals surface area contributed by atoms with Gasteiger partial charge in [-0.25, -0.2) is 0 Å².